The number of hydrogen-bond donors (Lipinski definition) is 2. The summed E-state index contributed by atoms with van der Waals surface area (Å²) in [6.07, 6.45) is 2.67. The van der Waals surface area contributed by atoms with Crippen molar-refractivity contribution in [1.29, 1.82) is 0 Å². The minimum atomic E-state index is -0.946. The minimum Gasteiger partial charge on any atom is -0.477 e. The molecular weight excluding hydrogens is 336 g/mol. The van der Waals surface area contributed by atoms with Crippen LogP contribution in [0.5, 0.6) is 0 Å². The molecule has 2 heterocycles. The Bertz CT molecular complexity index is 873. The molecule has 5 nitrogen and oxygen atoms in total. The van der Waals surface area contributed by atoms with E-state index in [9.17, 15) is 9.59 Å². The summed E-state index contributed by atoms with van der Waals surface area (Å²) in [5, 5.41) is 11.8. The van der Waals surface area contributed by atoms with Crippen molar-refractivity contribution in [3.63, 3.8) is 0 Å². The first-order valence-electron chi connectivity index (χ1n) is 7.75. The second-order valence-electron chi connectivity index (χ2n) is 5.43. The number of benzene rings is 1. The van der Waals surface area contributed by atoms with Crippen LogP contribution in [0.4, 0.5) is 5.69 Å². The summed E-state index contributed by atoms with van der Waals surface area (Å²) in [5.74, 6) is -1.01. The molecule has 0 aliphatic rings. The average molecular weight is 352 g/mol. The smallest absolute Gasteiger partial charge is 0.345 e. The number of aryl methyl sites for hydroxylation is 1. The number of amides is 1. The van der Waals surface area contributed by atoms with Gasteiger partial charge in [-0.2, -0.15) is 0 Å². The van der Waals surface area contributed by atoms with Crippen molar-refractivity contribution < 1.29 is 14.7 Å². The van der Waals surface area contributed by atoms with Gasteiger partial charge in [-0.1, -0.05) is 30.3 Å². The van der Waals surface area contributed by atoms with Gasteiger partial charge < -0.3 is 10.4 Å². The number of nitrogens with one attached hydrogen (secondary N) is 1. The molecule has 126 valence electrons. The van der Waals surface area contributed by atoms with Gasteiger partial charge >= 0.3 is 5.97 Å². The number of anilines is 1. The lowest BCUT2D eigenvalue weighted by atomic mass is 10.1. The van der Waals surface area contributed by atoms with E-state index in [1.165, 1.54) is 11.3 Å². The fraction of sp³-hybridized carbons (Fsp3) is 0.105. The highest BCUT2D eigenvalue weighted by atomic mass is 32.1. The van der Waals surface area contributed by atoms with Crippen molar-refractivity contribution in [2.24, 2.45) is 0 Å². The molecule has 1 aromatic carbocycles. The number of nitrogens with zero attached hydrogens (tertiary/aromatic N) is 1. The van der Waals surface area contributed by atoms with E-state index in [0.717, 1.165) is 10.4 Å². The number of thiophene rings is 1. The third-order valence-corrected chi connectivity index (χ3v) is 4.70. The first kappa shape index (κ1) is 16.9. The highest BCUT2D eigenvalue weighted by Gasteiger charge is 2.10. The highest BCUT2D eigenvalue weighted by Crippen LogP contribution is 2.27. The molecule has 0 fully saturated rings. The lowest BCUT2D eigenvalue weighted by Gasteiger charge is -2.06. The van der Waals surface area contributed by atoms with Crippen LogP contribution in [0.2, 0.25) is 0 Å². The zero-order valence-corrected chi connectivity index (χ0v) is 14.1. The molecule has 3 rings (SSSR count). The van der Waals surface area contributed by atoms with Gasteiger partial charge in [-0.3, -0.25) is 9.78 Å². The van der Waals surface area contributed by atoms with E-state index in [4.69, 9.17) is 5.11 Å². The first-order valence-corrected chi connectivity index (χ1v) is 8.57. The third-order valence-electron chi connectivity index (χ3n) is 3.60. The van der Waals surface area contributed by atoms with Crippen LogP contribution in [0.25, 0.3) is 10.6 Å². The molecule has 2 N–H and O–H groups in total. The minimum absolute atomic E-state index is 0.0670. The van der Waals surface area contributed by atoms with Crippen molar-refractivity contribution >= 4 is 28.9 Å². The number of carbonyl (C=O) groups is 2. The Hall–Kier alpha value is -2.99. The Labute approximate surface area is 149 Å². The van der Waals surface area contributed by atoms with E-state index in [1.54, 1.807) is 30.5 Å². The average Bonchev–Trinajstić information content (AvgIpc) is 3.12. The molecule has 0 aliphatic heterocycles. The van der Waals surface area contributed by atoms with Gasteiger partial charge in [0.15, 0.2) is 0 Å². The van der Waals surface area contributed by atoms with Crippen molar-refractivity contribution in [2.45, 2.75) is 12.8 Å². The van der Waals surface area contributed by atoms with E-state index < -0.39 is 5.97 Å². The first-order chi connectivity index (χ1) is 12.1. The number of aromatic carboxylic acids is 1. The quantitative estimate of drug-likeness (QED) is 0.700. The Balaban J connectivity index is 1.58. The Morgan fingerprint density at radius 1 is 1.04 bits per heavy atom. The number of rotatable bonds is 6. The molecule has 2 aromatic heterocycles. The lowest BCUT2D eigenvalue weighted by Crippen LogP contribution is -2.12. The zero-order valence-electron chi connectivity index (χ0n) is 13.3. The molecule has 1 amide bonds. The van der Waals surface area contributed by atoms with Gasteiger partial charge in [-0.05, 0) is 36.2 Å². The summed E-state index contributed by atoms with van der Waals surface area (Å²) in [4.78, 5) is 28.3. The molecule has 0 atom stereocenters. The van der Waals surface area contributed by atoms with Gasteiger partial charge in [-0.15, -0.1) is 11.3 Å². The van der Waals surface area contributed by atoms with Gasteiger partial charge in [0.1, 0.15) is 4.88 Å². The summed E-state index contributed by atoms with van der Waals surface area (Å²) in [5.41, 5.74) is 2.43. The summed E-state index contributed by atoms with van der Waals surface area (Å²) in [6, 6.07) is 16.7. The summed E-state index contributed by atoms with van der Waals surface area (Å²) >= 11 is 1.17. The maximum absolute atomic E-state index is 12.0. The van der Waals surface area contributed by atoms with Gasteiger partial charge in [0.25, 0.3) is 0 Å². The van der Waals surface area contributed by atoms with E-state index in [2.05, 4.69) is 10.3 Å². The number of aromatic nitrogens is 1. The van der Waals surface area contributed by atoms with Gasteiger partial charge in [0.2, 0.25) is 5.91 Å². The predicted octanol–water partition coefficient (Wildman–Crippen LogP) is 4.08. The second-order valence-corrected chi connectivity index (χ2v) is 6.52. The number of carbonyl (C=O) groups excluding carboxylic acids is 1. The molecule has 25 heavy (non-hydrogen) atoms. The summed E-state index contributed by atoms with van der Waals surface area (Å²) in [7, 11) is 0. The maximum atomic E-state index is 12.0. The monoisotopic (exact) mass is 352 g/mol. The second kappa shape index (κ2) is 7.72. The topological polar surface area (TPSA) is 79.3 Å². The maximum Gasteiger partial charge on any atom is 0.345 e. The number of carboxylic acid groups (broad SMARTS) is 1. The lowest BCUT2D eigenvalue weighted by molar-refractivity contribution is -0.116. The van der Waals surface area contributed by atoms with Crippen molar-refractivity contribution in [2.75, 3.05) is 5.32 Å². The van der Waals surface area contributed by atoms with Crippen LogP contribution in [0, 0.1) is 0 Å². The van der Waals surface area contributed by atoms with Gasteiger partial charge in [0, 0.05) is 6.42 Å². The SMILES string of the molecule is O=C(CCc1ccccc1)Nc1ccc(-c2ccc(C(=O)O)s2)nc1. The van der Waals surface area contributed by atoms with Crippen molar-refractivity contribution in [3.05, 3.63) is 71.2 Å². The highest BCUT2D eigenvalue weighted by molar-refractivity contribution is 7.17. The normalized spacial score (nSPS) is 10.4. The van der Waals surface area contributed by atoms with Crippen LogP contribution >= 0.6 is 11.3 Å². The van der Waals surface area contributed by atoms with E-state index >= 15 is 0 Å². The predicted molar refractivity (Wildman–Crippen MR) is 97.9 cm³/mol. The van der Waals surface area contributed by atoms with Crippen LogP contribution in [-0.2, 0) is 11.2 Å². The molecule has 0 radical (unpaired) electrons. The molecule has 6 heteroatoms. The van der Waals surface area contributed by atoms with Crippen molar-refractivity contribution in [1.82, 2.24) is 4.98 Å². The summed E-state index contributed by atoms with van der Waals surface area (Å²) < 4.78 is 0. The molecule has 0 aliphatic carbocycles. The van der Waals surface area contributed by atoms with Crippen LogP contribution < -0.4 is 5.32 Å². The third kappa shape index (κ3) is 4.51. The zero-order chi connectivity index (χ0) is 17.6. The fourth-order valence-corrected chi connectivity index (χ4v) is 3.15. The largest absolute Gasteiger partial charge is 0.477 e. The Morgan fingerprint density at radius 2 is 1.84 bits per heavy atom. The fourth-order valence-electron chi connectivity index (χ4n) is 2.33. The molecule has 0 unspecified atom stereocenters. The molecule has 0 bridgehead atoms. The Kier molecular flexibility index (Phi) is 5.20. The molecule has 0 spiro atoms. The molecule has 0 saturated carbocycles. The number of carboxylic acids is 1. The van der Waals surface area contributed by atoms with Crippen molar-refractivity contribution in [3.8, 4) is 10.6 Å². The van der Waals surface area contributed by atoms with Gasteiger partial charge in [0.05, 0.1) is 22.5 Å². The molecule has 3 aromatic rings. The number of hydrogen-bond acceptors (Lipinski definition) is 4. The van der Waals surface area contributed by atoms with Crippen LogP contribution in [0.3, 0.4) is 0 Å². The van der Waals surface area contributed by atoms with Crippen LogP contribution in [0.15, 0.2) is 60.8 Å². The van der Waals surface area contributed by atoms with E-state index in [1.807, 2.05) is 30.3 Å². The summed E-state index contributed by atoms with van der Waals surface area (Å²) in [6.45, 7) is 0. The van der Waals surface area contributed by atoms with Crippen LogP contribution in [-0.4, -0.2) is 22.0 Å². The standard InChI is InChI=1S/C19H16N2O3S/c22-18(11-6-13-4-2-1-3-5-13)21-14-7-8-15(20-12-14)16-9-10-17(25-16)19(23)24/h1-5,7-10,12H,6,11H2,(H,21,22)(H,23,24). The van der Waals surface area contributed by atoms with Crippen LogP contribution in [0.1, 0.15) is 21.7 Å². The van der Waals surface area contributed by atoms with Gasteiger partial charge in [-0.25, -0.2) is 4.79 Å². The van der Waals surface area contributed by atoms with E-state index in [-0.39, 0.29) is 10.8 Å². The van der Waals surface area contributed by atoms with E-state index in [0.29, 0.717) is 24.2 Å². The number of pyridine rings is 1. The molecular formula is C19H16N2O3S. The Morgan fingerprint density at radius 3 is 2.48 bits per heavy atom. The molecule has 0 saturated heterocycles.